The van der Waals surface area contributed by atoms with E-state index in [0.29, 0.717) is 10.8 Å². The van der Waals surface area contributed by atoms with Crippen molar-refractivity contribution in [1.29, 1.82) is 0 Å². The summed E-state index contributed by atoms with van der Waals surface area (Å²) in [5.74, 6) is -0.890. The summed E-state index contributed by atoms with van der Waals surface area (Å²) >= 11 is 5.84. The number of hydrogen-bond donors (Lipinski definition) is 2. The molecule has 2 N–H and O–H groups in total. The van der Waals surface area contributed by atoms with E-state index in [-0.39, 0.29) is 12.6 Å². The monoisotopic (exact) mass is 382 g/mol. The Morgan fingerprint density at radius 1 is 1.15 bits per heavy atom. The van der Waals surface area contributed by atoms with Crippen LogP contribution in [0.2, 0.25) is 5.02 Å². The molecule has 2 rings (SSSR count). The van der Waals surface area contributed by atoms with E-state index in [2.05, 4.69) is 10.6 Å². The number of ether oxygens (including phenoxy) is 2. The van der Waals surface area contributed by atoms with Crippen LogP contribution in [0.1, 0.15) is 37.7 Å². The zero-order chi connectivity index (χ0) is 18.9. The van der Waals surface area contributed by atoms with Gasteiger partial charge in [-0.25, -0.2) is 9.59 Å². The fourth-order valence-corrected chi connectivity index (χ4v) is 2.96. The molecule has 1 aliphatic carbocycles. The highest BCUT2D eigenvalue weighted by Crippen LogP contribution is 2.21. The molecular formula is C18H23ClN2O5. The molecule has 0 aliphatic heterocycles. The average Bonchev–Trinajstić information content (AvgIpc) is 2.60. The van der Waals surface area contributed by atoms with Crippen LogP contribution >= 0.6 is 11.6 Å². The first-order valence-corrected chi connectivity index (χ1v) is 8.97. The number of amides is 3. The zero-order valence-corrected chi connectivity index (χ0v) is 15.4. The zero-order valence-electron chi connectivity index (χ0n) is 14.7. The molecular weight excluding hydrogens is 360 g/mol. The SMILES string of the molecule is Cc1cc(Cl)ccc1OCC(=O)OCC(=O)NC(=O)NC1CCCCC1. The largest absolute Gasteiger partial charge is 0.482 e. The molecule has 1 aromatic carbocycles. The second-order valence-electron chi connectivity index (χ2n) is 6.22. The standard InChI is InChI=1S/C18H23ClN2O5/c1-12-9-13(19)7-8-15(12)25-11-17(23)26-10-16(22)21-18(24)20-14-5-3-2-4-6-14/h7-9,14H,2-6,10-11H2,1H3,(H2,20,21,22,24). The number of aryl methyl sites for hydroxylation is 1. The van der Waals surface area contributed by atoms with Crippen molar-refractivity contribution in [3.05, 3.63) is 28.8 Å². The van der Waals surface area contributed by atoms with Crippen molar-refractivity contribution in [2.24, 2.45) is 0 Å². The minimum atomic E-state index is -0.706. The summed E-state index contributed by atoms with van der Waals surface area (Å²) in [6, 6.07) is 4.53. The van der Waals surface area contributed by atoms with Crippen molar-refractivity contribution in [2.45, 2.75) is 45.1 Å². The number of imide groups is 1. The second kappa shape index (κ2) is 10.0. The van der Waals surface area contributed by atoms with Gasteiger partial charge < -0.3 is 14.8 Å². The topological polar surface area (TPSA) is 93.7 Å². The maximum atomic E-state index is 11.7. The van der Waals surface area contributed by atoms with E-state index in [1.165, 1.54) is 6.42 Å². The van der Waals surface area contributed by atoms with Crippen molar-refractivity contribution in [1.82, 2.24) is 10.6 Å². The molecule has 0 saturated heterocycles. The van der Waals surface area contributed by atoms with Crippen LogP contribution in [0.25, 0.3) is 0 Å². The highest BCUT2D eigenvalue weighted by molar-refractivity contribution is 6.30. The fourth-order valence-electron chi connectivity index (χ4n) is 2.73. The van der Waals surface area contributed by atoms with Crippen molar-refractivity contribution in [3.8, 4) is 5.75 Å². The van der Waals surface area contributed by atoms with E-state index in [0.717, 1.165) is 31.2 Å². The van der Waals surface area contributed by atoms with Gasteiger partial charge in [-0.1, -0.05) is 30.9 Å². The maximum absolute atomic E-state index is 11.7. The number of urea groups is 1. The number of hydrogen-bond acceptors (Lipinski definition) is 5. The Morgan fingerprint density at radius 2 is 1.88 bits per heavy atom. The third-order valence-corrected chi connectivity index (χ3v) is 4.28. The van der Waals surface area contributed by atoms with E-state index in [9.17, 15) is 14.4 Å². The Bertz CT molecular complexity index is 659. The van der Waals surface area contributed by atoms with Crippen LogP contribution in [0, 0.1) is 6.92 Å². The van der Waals surface area contributed by atoms with Crippen LogP contribution in [0.15, 0.2) is 18.2 Å². The Labute approximate surface area is 157 Å². The molecule has 142 valence electrons. The lowest BCUT2D eigenvalue weighted by Crippen LogP contribution is -2.46. The molecule has 0 heterocycles. The van der Waals surface area contributed by atoms with Gasteiger partial charge in [-0.15, -0.1) is 0 Å². The van der Waals surface area contributed by atoms with Gasteiger partial charge in [0, 0.05) is 11.1 Å². The molecule has 8 heteroatoms. The first-order chi connectivity index (χ1) is 12.4. The van der Waals surface area contributed by atoms with E-state index < -0.39 is 24.5 Å². The van der Waals surface area contributed by atoms with E-state index >= 15 is 0 Å². The smallest absolute Gasteiger partial charge is 0.344 e. The lowest BCUT2D eigenvalue weighted by Gasteiger charge is -2.22. The molecule has 1 aliphatic rings. The number of benzene rings is 1. The second-order valence-corrected chi connectivity index (χ2v) is 6.65. The summed E-state index contributed by atoms with van der Waals surface area (Å²) < 4.78 is 10.1. The minimum absolute atomic E-state index is 0.0927. The van der Waals surface area contributed by atoms with Gasteiger partial charge >= 0.3 is 12.0 Å². The highest BCUT2D eigenvalue weighted by atomic mass is 35.5. The van der Waals surface area contributed by atoms with Gasteiger partial charge in [-0.3, -0.25) is 10.1 Å². The van der Waals surface area contributed by atoms with Crippen LogP contribution in [0.5, 0.6) is 5.75 Å². The Kier molecular flexibility index (Phi) is 7.72. The van der Waals surface area contributed by atoms with E-state index in [4.69, 9.17) is 21.1 Å². The molecule has 0 bridgehead atoms. The third-order valence-electron chi connectivity index (χ3n) is 4.04. The van der Waals surface area contributed by atoms with Crippen molar-refractivity contribution >= 4 is 29.5 Å². The molecule has 0 unspecified atom stereocenters. The summed E-state index contributed by atoms with van der Waals surface area (Å²) in [5.41, 5.74) is 0.780. The molecule has 1 fully saturated rings. The van der Waals surface area contributed by atoms with Gasteiger partial charge in [-0.2, -0.15) is 0 Å². The first kappa shape index (κ1) is 20.0. The van der Waals surface area contributed by atoms with Crippen LogP contribution < -0.4 is 15.4 Å². The molecule has 0 spiro atoms. The van der Waals surface area contributed by atoms with E-state index in [1.807, 2.05) is 0 Å². The van der Waals surface area contributed by atoms with Gasteiger partial charge in [0.15, 0.2) is 13.2 Å². The van der Waals surface area contributed by atoms with Crippen molar-refractivity contribution in [2.75, 3.05) is 13.2 Å². The van der Waals surface area contributed by atoms with Gasteiger partial charge in [-0.05, 0) is 43.5 Å². The number of rotatable bonds is 6. The predicted molar refractivity (Wildman–Crippen MR) is 96.2 cm³/mol. The molecule has 7 nitrogen and oxygen atoms in total. The molecule has 26 heavy (non-hydrogen) atoms. The number of carbonyl (C=O) groups excluding carboxylic acids is 3. The van der Waals surface area contributed by atoms with Crippen molar-refractivity contribution in [3.63, 3.8) is 0 Å². The van der Waals surface area contributed by atoms with Gasteiger partial charge in [0.05, 0.1) is 0 Å². The van der Waals surface area contributed by atoms with Gasteiger partial charge in [0.2, 0.25) is 0 Å². The Balaban J connectivity index is 1.64. The summed E-state index contributed by atoms with van der Waals surface area (Å²) in [6.07, 6.45) is 5.15. The van der Waals surface area contributed by atoms with Crippen LogP contribution in [-0.4, -0.2) is 37.2 Å². The first-order valence-electron chi connectivity index (χ1n) is 8.59. The molecule has 0 radical (unpaired) electrons. The van der Waals surface area contributed by atoms with Crippen LogP contribution in [0.4, 0.5) is 4.79 Å². The minimum Gasteiger partial charge on any atom is -0.482 e. The Hall–Kier alpha value is -2.28. The van der Waals surface area contributed by atoms with Crippen LogP contribution in [0.3, 0.4) is 0 Å². The van der Waals surface area contributed by atoms with Crippen LogP contribution in [-0.2, 0) is 14.3 Å². The molecule has 1 aromatic rings. The summed E-state index contributed by atoms with van der Waals surface area (Å²) in [6.45, 7) is 0.912. The molecule has 0 aromatic heterocycles. The number of nitrogens with one attached hydrogen (secondary N) is 2. The van der Waals surface area contributed by atoms with E-state index in [1.54, 1.807) is 25.1 Å². The highest BCUT2D eigenvalue weighted by Gasteiger charge is 2.17. The molecule has 1 saturated carbocycles. The van der Waals surface area contributed by atoms with Gasteiger partial charge in [0.25, 0.3) is 5.91 Å². The average molecular weight is 383 g/mol. The lowest BCUT2D eigenvalue weighted by atomic mass is 9.96. The molecule has 3 amide bonds. The van der Waals surface area contributed by atoms with Crippen molar-refractivity contribution < 1.29 is 23.9 Å². The number of carbonyl (C=O) groups is 3. The third kappa shape index (κ3) is 6.92. The van der Waals surface area contributed by atoms with Gasteiger partial charge in [0.1, 0.15) is 5.75 Å². The summed E-state index contributed by atoms with van der Waals surface area (Å²) in [5, 5.41) is 5.47. The maximum Gasteiger partial charge on any atom is 0.344 e. The number of esters is 1. The quantitative estimate of drug-likeness (QED) is 0.738. The lowest BCUT2D eigenvalue weighted by molar-refractivity contribution is -0.150. The normalized spacial score (nSPS) is 14.4. The fraction of sp³-hybridized carbons (Fsp3) is 0.500. The summed E-state index contributed by atoms with van der Waals surface area (Å²) in [7, 11) is 0. The summed E-state index contributed by atoms with van der Waals surface area (Å²) in [4.78, 5) is 35.0. The molecule has 0 atom stereocenters. The number of halogens is 1. The predicted octanol–water partition coefficient (Wildman–Crippen LogP) is 2.73. The Morgan fingerprint density at radius 3 is 2.58 bits per heavy atom.